The van der Waals surface area contributed by atoms with Crippen LogP contribution in [0.1, 0.15) is 53.5 Å². The molecule has 0 unspecified atom stereocenters. The number of benzene rings is 2. The lowest BCUT2D eigenvalue weighted by atomic mass is 9.74. The molecule has 5 rings (SSSR count). The Morgan fingerprint density at radius 2 is 1.78 bits per heavy atom. The molecule has 1 amide bonds. The maximum absolute atomic E-state index is 14.0. The van der Waals surface area contributed by atoms with Crippen LogP contribution in [0.2, 0.25) is 0 Å². The lowest BCUT2D eigenvalue weighted by molar-refractivity contribution is -0.118. The number of nitrogens with one attached hydrogen (secondary N) is 1. The largest absolute Gasteiger partial charge is 0.357 e. The number of hydrogen-bond acceptors (Lipinski definition) is 4. The Balaban J connectivity index is 1.76. The van der Waals surface area contributed by atoms with Crippen LogP contribution >= 0.6 is 11.3 Å². The zero-order valence-electron chi connectivity index (χ0n) is 18.5. The number of Topliss-reactive ketones (excluding diaryl/α,β-unsaturated/α-hetero) is 1. The van der Waals surface area contributed by atoms with Crippen molar-refractivity contribution in [3.63, 3.8) is 0 Å². The highest BCUT2D eigenvalue weighted by Gasteiger charge is 2.43. The molecule has 162 valence electrons. The van der Waals surface area contributed by atoms with Gasteiger partial charge in [0.05, 0.1) is 11.4 Å². The summed E-state index contributed by atoms with van der Waals surface area (Å²) in [5, 5.41) is 5.56. The summed E-state index contributed by atoms with van der Waals surface area (Å²) < 4.78 is 0. The molecule has 1 aliphatic heterocycles. The fourth-order valence-electron chi connectivity index (χ4n) is 4.76. The molecular weight excluding hydrogens is 416 g/mol. The van der Waals surface area contributed by atoms with Gasteiger partial charge in [0.2, 0.25) is 0 Å². The number of rotatable bonds is 2. The van der Waals surface area contributed by atoms with Crippen LogP contribution in [0.25, 0.3) is 0 Å². The highest BCUT2D eigenvalue weighted by molar-refractivity contribution is 7.10. The molecule has 5 heteroatoms. The number of thiophene rings is 1. The van der Waals surface area contributed by atoms with Crippen LogP contribution in [-0.4, -0.2) is 11.7 Å². The van der Waals surface area contributed by atoms with E-state index in [1.54, 1.807) is 11.3 Å². The highest BCUT2D eigenvalue weighted by Crippen LogP contribution is 2.49. The number of hydrogen-bond donors (Lipinski definition) is 1. The minimum Gasteiger partial charge on any atom is -0.357 e. The molecule has 1 atom stereocenters. The Labute approximate surface area is 192 Å². The van der Waals surface area contributed by atoms with E-state index < -0.39 is 6.04 Å². The molecule has 0 radical (unpaired) electrons. The van der Waals surface area contributed by atoms with E-state index in [4.69, 9.17) is 0 Å². The molecule has 2 aromatic carbocycles. The van der Waals surface area contributed by atoms with E-state index in [9.17, 15) is 9.59 Å². The number of fused-ring (bicyclic) bond motifs is 1. The van der Waals surface area contributed by atoms with Crippen LogP contribution in [0.3, 0.4) is 0 Å². The average molecular weight is 443 g/mol. The number of allylic oxidation sites excluding steroid dienone is 1. The van der Waals surface area contributed by atoms with Crippen molar-refractivity contribution in [3.8, 4) is 0 Å². The van der Waals surface area contributed by atoms with E-state index in [0.717, 1.165) is 33.9 Å². The first kappa shape index (κ1) is 20.7. The van der Waals surface area contributed by atoms with Crippen molar-refractivity contribution in [2.24, 2.45) is 5.41 Å². The van der Waals surface area contributed by atoms with Crippen molar-refractivity contribution in [1.82, 2.24) is 0 Å². The van der Waals surface area contributed by atoms with Crippen molar-refractivity contribution in [1.29, 1.82) is 0 Å². The second-order valence-electron chi connectivity index (χ2n) is 9.43. The van der Waals surface area contributed by atoms with Crippen molar-refractivity contribution < 1.29 is 9.59 Å². The lowest BCUT2D eigenvalue weighted by Crippen LogP contribution is -2.39. The standard InChI is InChI=1S/C27H26N2O2S/c1-17-10-12-18(13-11-17)26(31)29-21-8-5-4-7-19(21)28-20-15-27(2,3)16-22(30)24(20)25(29)23-9-6-14-32-23/h4-14,25,28H,15-16H2,1-3H3/t25-/m1/s1. The number of carbonyl (C=O) groups excluding carboxylic acids is 2. The minimum absolute atomic E-state index is 0.107. The third-order valence-corrected chi connectivity index (χ3v) is 7.16. The molecule has 0 spiro atoms. The van der Waals surface area contributed by atoms with E-state index in [0.29, 0.717) is 17.6 Å². The first-order valence-electron chi connectivity index (χ1n) is 10.9. The molecule has 0 saturated heterocycles. The van der Waals surface area contributed by atoms with Crippen LogP contribution in [0, 0.1) is 12.3 Å². The second-order valence-corrected chi connectivity index (χ2v) is 10.4. The van der Waals surface area contributed by atoms with Gasteiger partial charge in [0.15, 0.2) is 5.78 Å². The Bertz CT molecular complexity index is 1220. The van der Waals surface area contributed by atoms with Gasteiger partial charge in [0.1, 0.15) is 6.04 Å². The van der Waals surface area contributed by atoms with Crippen LogP contribution in [0.5, 0.6) is 0 Å². The van der Waals surface area contributed by atoms with Crippen molar-refractivity contribution in [2.45, 2.75) is 39.7 Å². The molecule has 4 nitrogen and oxygen atoms in total. The van der Waals surface area contributed by atoms with Gasteiger partial charge in [-0.1, -0.05) is 49.7 Å². The summed E-state index contributed by atoms with van der Waals surface area (Å²) >= 11 is 1.58. The van der Waals surface area contributed by atoms with E-state index >= 15 is 0 Å². The van der Waals surface area contributed by atoms with Gasteiger partial charge in [-0.15, -0.1) is 11.3 Å². The van der Waals surface area contributed by atoms with Gasteiger partial charge >= 0.3 is 0 Å². The quantitative estimate of drug-likeness (QED) is 0.492. The van der Waals surface area contributed by atoms with E-state index in [-0.39, 0.29) is 17.1 Å². The van der Waals surface area contributed by atoms with Crippen LogP contribution in [-0.2, 0) is 4.79 Å². The molecule has 0 saturated carbocycles. The topological polar surface area (TPSA) is 49.4 Å². The molecule has 2 aliphatic rings. The Hall–Kier alpha value is -3.18. The number of amides is 1. The number of ketones is 1. The molecule has 2 heterocycles. The van der Waals surface area contributed by atoms with Gasteiger partial charge in [-0.3, -0.25) is 14.5 Å². The fraction of sp³-hybridized carbons (Fsp3) is 0.259. The Kier molecular flexibility index (Phi) is 5.01. The van der Waals surface area contributed by atoms with Crippen LogP contribution in [0.4, 0.5) is 11.4 Å². The van der Waals surface area contributed by atoms with Gasteiger partial charge in [-0.2, -0.15) is 0 Å². The first-order valence-corrected chi connectivity index (χ1v) is 11.8. The lowest BCUT2D eigenvalue weighted by Gasteiger charge is -2.36. The molecule has 1 N–H and O–H groups in total. The number of nitrogens with zero attached hydrogens (tertiary/aromatic N) is 1. The molecule has 3 aromatic rings. The smallest absolute Gasteiger partial charge is 0.259 e. The minimum atomic E-state index is -0.460. The fourth-order valence-corrected chi connectivity index (χ4v) is 5.59. The summed E-state index contributed by atoms with van der Waals surface area (Å²) in [4.78, 5) is 30.4. The summed E-state index contributed by atoms with van der Waals surface area (Å²) in [6.45, 7) is 6.26. The molecule has 0 bridgehead atoms. The molecule has 1 aromatic heterocycles. The third-order valence-electron chi connectivity index (χ3n) is 6.23. The number of carbonyl (C=O) groups is 2. The Morgan fingerprint density at radius 3 is 2.50 bits per heavy atom. The van der Waals surface area contributed by atoms with Crippen molar-refractivity contribution in [3.05, 3.63) is 93.3 Å². The first-order chi connectivity index (χ1) is 15.3. The second kappa shape index (κ2) is 7.75. The molecule has 1 aliphatic carbocycles. The average Bonchev–Trinajstić information content (AvgIpc) is 3.23. The molecular formula is C27H26N2O2S. The molecule has 32 heavy (non-hydrogen) atoms. The zero-order chi connectivity index (χ0) is 22.5. The maximum atomic E-state index is 14.0. The monoisotopic (exact) mass is 442 g/mol. The Morgan fingerprint density at radius 1 is 1.03 bits per heavy atom. The highest BCUT2D eigenvalue weighted by atomic mass is 32.1. The summed E-state index contributed by atoms with van der Waals surface area (Å²) in [5.74, 6) is 0.000644. The summed E-state index contributed by atoms with van der Waals surface area (Å²) in [7, 11) is 0. The predicted molar refractivity (Wildman–Crippen MR) is 130 cm³/mol. The van der Waals surface area contributed by atoms with Gasteiger partial charge in [0, 0.05) is 28.1 Å². The predicted octanol–water partition coefficient (Wildman–Crippen LogP) is 6.51. The third kappa shape index (κ3) is 3.56. The van der Waals surface area contributed by atoms with Gasteiger partial charge in [-0.05, 0) is 54.5 Å². The summed E-state index contributed by atoms with van der Waals surface area (Å²) in [5.41, 5.74) is 4.86. The van der Waals surface area contributed by atoms with E-state index in [1.165, 1.54) is 0 Å². The normalized spacial score (nSPS) is 19.7. The maximum Gasteiger partial charge on any atom is 0.259 e. The zero-order valence-corrected chi connectivity index (χ0v) is 19.3. The SMILES string of the molecule is Cc1ccc(C(=O)N2c3ccccc3NC3=C(C(=O)CC(C)(C)C3)[C@H]2c2cccs2)cc1. The van der Waals surface area contributed by atoms with E-state index in [2.05, 4.69) is 19.2 Å². The van der Waals surface area contributed by atoms with E-state index in [1.807, 2.05) is 77.9 Å². The van der Waals surface area contributed by atoms with Crippen LogP contribution < -0.4 is 10.2 Å². The van der Waals surface area contributed by atoms with Crippen LogP contribution in [0.15, 0.2) is 77.3 Å². The number of para-hydroxylation sites is 2. The summed E-state index contributed by atoms with van der Waals surface area (Å²) in [6.07, 6.45) is 1.23. The number of aryl methyl sites for hydroxylation is 1. The molecule has 0 fully saturated rings. The summed E-state index contributed by atoms with van der Waals surface area (Å²) in [6, 6.07) is 19.0. The van der Waals surface area contributed by atoms with Crippen molar-refractivity contribution >= 4 is 34.4 Å². The van der Waals surface area contributed by atoms with Gasteiger partial charge in [0.25, 0.3) is 5.91 Å². The van der Waals surface area contributed by atoms with Gasteiger partial charge in [-0.25, -0.2) is 0 Å². The number of anilines is 2. The van der Waals surface area contributed by atoms with Gasteiger partial charge < -0.3 is 5.32 Å². The van der Waals surface area contributed by atoms with Crippen molar-refractivity contribution in [2.75, 3.05) is 10.2 Å².